The van der Waals surface area contributed by atoms with Crippen LogP contribution in [-0.4, -0.2) is 32.2 Å². The van der Waals surface area contributed by atoms with Crippen LogP contribution in [0.2, 0.25) is 0 Å². The summed E-state index contributed by atoms with van der Waals surface area (Å²) in [6.45, 7) is 0. The Bertz CT molecular complexity index is 855. The number of carbonyl (C=O) groups is 1. The first-order valence-electron chi connectivity index (χ1n) is 6.60. The predicted octanol–water partition coefficient (Wildman–Crippen LogP) is 2.19. The molecule has 1 aromatic carbocycles. The zero-order valence-corrected chi connectivity index (χ0v) is 13.4. The van der Waals surface area contributed by atoms with E-state index < -0.39 is 9.84 Å². The molecule has 1 amide bonds. The zero-order chi connectivity index (χ0) is 15.7. The maximum Gasteiger partial charge on any atom is 0.226 e. The van der Waals surface area contributed by atoms with Gasteiger partial charge in [-0.3, -0.25) is 4.79 Å². The Balaban J connectivity index is 1.68. The van der Waals surface area contributed by atoms with Crippen LogP contribution in [0, 0.1) is 5.92 Å². The normalized spacial score (nSPS) is 19.4. The molecule has 0 saturated carbocycles. The Morgan fingerprint density at radius 1 is 1.50 bits per heavy atom. The minimum absolute atomic E-state index is 0.00252. The van der Waals surface area contributed by atoms with Crippen molar-refractivity contribution in [2.24, 2.45) is 5.92 Å². The number of benzene rings is 1. The van der Waals surface area contributed by atoms with Gasteiger partial charge in [-0.05, 0) is 18.2 Å². The number of rotatable bonds is 4. The van der Waals surface area contributed by atoms with Crippen molar-refractivity contribution in [3.05, 3.63) is 29.7 Å². The minimum atomic E-state index is -3.13. The highest BCUT2D eigenvalue weighted by Gasteiger charge is 2.24. The molecule has 1 aromatic heterocycles. The zero-order valence-electron chi connectivity index (χ0n) is 11.8. The molecule has 1 atom stereocenters. The third-order valence-electron chi connectivity index (χ3n) is 3.29. The number of allylic oxidation sites excluding steroid dienone is 1. The second-order valence-electron chi connectivity index (χ2n) is 5.02. The van der Waals surface area contributed by atoms with Crippen LogP contribution in [0.5, 0.6) is 5.75 Å². The van der Waals surface area contributed by atoms with Crippen molar-refractivity contribution in [3.63, 3.8) is 0 Å². The molecule has 0 saturated heterocycles. The quantitative estimate of drug-likeness (QED) is 0.923. The number of methoxy groups -OCH3 is 1. The Hall–Kier alpha value is -1.93. The molecule has 0 fully saturated rings. The van der Waals surface area contributed by atoms with Crippen molar-refractivity contribution < 1.29 is 17.9 Å². The van der Waals surface area contributed by atoms with E-state index in [1.54, 1.807) is 13.2 Å². The van der Waals surface area contributed by atoms with Crippen LogP contribution in [0.3, 0.4) is 0 Å². The number of ether oxygens (including phenoxy) is 1. The first-order valence-corrected chi connectivity index (χ1v) is 9.14. The summed E-state index contributed by atoms with van der Waals surface area (Å²) in [7, 11) is -1.54. The molecule has 2 aromatic rings. The van der Waals surface area contributed by atoms with Crippen LogP contribution in [0.25, 0.3) is 10.2 Å². The number of carbonyl (C=O) groups excluding carboxylic acids is 1. The topological polar surface area (TPSA) is 85.4 Å². The lowest BCUT2D eigenvalue weighted by Gasteiger charge is -2.05. The van der Waals surface area contributed by atoms with Crippen molar-refractivity contribution in [1.82, 2.24) is 4.98 Å². The standard InChI is InChI=1S/C14H14N2O4S2/c1-20-10-2-3-11-12(7-10)21-14(15-11)16-13(17)6-9-4-5-22(18,19)8-9/h2-5,7,9H,6,8H2,1H3,(H,15,16,17). The van der Waals surface area contributed by atoms with E-state index in [1.807, 2.05) is 18.2 Å². The van der Waals surface area contributed by atoms with E-state index in [4.69, 9.17) is 4.74 Å². The molecule has 0 spiro atoms. The molecule has 0 radical (unpaired) electrons. The van der Waals surface area contributed by atoms with Crippen molar-refractivity contribution in [1.29, 1.82) is 0 Å². The van der Waals surface area contributed by atoms with Crippen LogP contribution in [-0.2, 0) is 14.6 Å². The summed E-state index contributed by atoms with van der Waals surface area (Å²) in [5.41, 5.74) is 0.782. The molecule has 1 aliphatic rings. The number of nitrogens with one attached hydrogen (secondary N) is 1. The number of fused-ring (bicyclic) bond motifs is 1. The molecular formula is C14H14N2O4S2. The van der Waals surface area contributed by atoms with Crippen molar-refractivity contribution in [3.8, 4) is 5.75 Å². The van der Waals surface area contributed by atoms with Crippen LogP contribution < -0.4 is 10.1 Å². The Morgan fingerprint density at radius 2 is 2.32 bits per heavy atom. The molecule has 1 N–H and O–H groups in total. The maximum atomic E-state index is 12.0. The molecule has 1 aliphatic heterocycles. The van der Waals surface area contributed by atoms with Gasteiger partial charge in [-0.2, -0.15) is 0 Å². The van der Waals surface area contributed by atoms with Gasteiger partial charge in [0.1, 0.15) is 5.75 Å². The number of nitrogens with zero attached hydrogens (tertiary/aromatic N) is 1. The summed E-state index contributed by atoms with van der Waals surface area (Å²) in [6, 6.07) is 5.49. The molecule has 6 nitrogen and oxygen atoms in total. The average Bonchev–Trinajstić information content (AvgIpc) is 2.99. The van der Waals surface area contributed by atoms with E-state index in [0.717, 1.165) is 16.0 Å². The summed E-state index contributed by atoms with van der Waals surface area (Å²) >= 11 is 1.35. The maximum absolute atomic E-state index is 12.0. The van der Waals surface area contributed by atoms with Gasteiger partial charge < -0.3 is 10.1 Å². The monoisotopic (exact) mass is 338 g/mol. The molecule has 0 aliphatic carbocycles. The molecule has 22 heavy (non-hydrogen) atoms. The minimum Gasteiger partial charge on any atom is -0.497 e. The number of amides is 1. The van der Waals surface area contributed by atoms with Gasteiger partial charge in [0.05, 0.1) is 23.1 Å². The summed E-state index contributed by atoms with van der Waals surface area (Å²) in [5, 5.41) is 4.40. The lowest BCUT2D eigenvalue weighted by atomic mass is 10.1. The van der Waals surface area contributed by atoms with Gasteiger partial charge in [0.2, 0.25) is 5.91 Å². The third-order valence-corrected chi connectivity index (χ3v) is 5.69. The molecule has 116 valence electrons. The number of hydrogen-bond donors (Lipinski definition) is 1. The lowest BCUT2D eigenvalue weighted by Crippen LogP contribution is -2.17. The molecule has 1 unspecified atom stereocenters. The number of anilines is 1. The highest BCUT2D eigenvalue weighted by Crippen LogP contribution is 2.29. The second-order valence-corrected chi connectivity index (χ2v) is 7.98. The van der Waals surface area contributed by atoms with E-state index in [2.05, 4.69) is 10.3 Å². The van der Waals surface area contributed by atoms with Crippen LogP contribution in [0.15, 0.2) is 29.7 Å². The number of aromatic nitrogens is 1. The Labute approximate surface area is 131 Å². The average molecular weight is 338 g/mol. The van der Waals surface area contributed by atoms with Crippen molar-refractivity contribution in [2.45, 2.75) is 6.42 Å². The first kappa shape index (κ1) is 15.0. The molecular weight excluding hydrogens is 324 g/mol. The predicted molar refractivity (Wildman–Crippen MR) is 85.8 cm³/mol. The summed E-state index contributed by atoms with van der Waals surface area (Å²) < 4.78 is 28.7. The van der Waals surface area contributed by atoms with E-state index in [0.29, 0.717) is 5.13 Å². The number of thiazole rings is 1. The van der Waals surface area contributed by atoms with Crippen molar-refractivity contribution in [2.75, 3.05) is 18.2 Å². The highest BCUT2D eigenvalue weighted by atomic mass is 32.2. The van der Waals surface area contributed by atoms with E-state index in [9.17, 15) is 13.2 Å². The SMILES string of the molecule is COc1ccc2nc(NC(=O)CC3C=CS(=O)(=O)C3)sc2c1. The Kier molecular flexibility index (Phi) is 3.88. The van der Waals surface area contributed by atoms with Gasteiger partial charge >= 0.3 is 0 Å². The Morgan fingerprint density at radius 3 is 3.00 bits per heavy atom. The molecule has 3 rings (SSSR count). The first-order chi connectivity index (χ1) is 10.4. The summed E-state index contributed by atoms with van der Waals surface area (Å²) in [4.78, 5) is 16.3. The van der Waals surface area contributed by atoms with Crippen LogP contribution in [0.4, 0.5) is 5.13 Å². The second kappa shape index (κ2) is 5.69. The molecule has 8 heteroatoms. The lowest BCUT2D eigenvalue weighted by molar-refractivity contribution is -0.116. The molecule has 2 heterocycles. The fourth-order valence-electron chi connectivity index (χ4n) is 2.26. The van der Waals surface area contributed by atoms with Gasteiger partial charge in [-0.1, -0.05) is 17.4 Å². The largest absolute Gasteiger partial charge is 0.497 e. The van der Waals surface area contributed by atoms with Gasteiger partial charge in [0.25, 0.3) is 0 Å². The van der Waals surface area contributed by atoms with Crippen molar-refractivity contribution >= 4 is 42.4 Å². The fourth-order valence-corrected chi connectivity index (χ4v) is 4.57. The number of hydrogen-bond acceptors (Lipinski definition) is 6. The molecule has 0 bridgehead atoms. The third kappa shape index (κ3) is 3.28. The summed E-state index contributed by atoms with van der Waals surface area (Å²) in [6.07, 6.45) is 1.70. The van der Waals surface area contributed by atoms with E-state index >= 15 is 0 Å². The number of sulfone groups is 1. The van der Waals surface area contributed by atoms with Crippen LogP contribution >= 0.6 is 11.3 Å². The highest BCUT2D eigenvalue weighted by molar-refractivity contribution is 7.94. The van der Waals surface area contributed by atoms with E-state index in [-0.39, 0.29) is 24.0 Å². The van der Waals surface area contributed by atoms with Gasteiger partial charge in [0.15, 0.2) is 15.0 Å². The van der Waals surface area contributed by atoms with Gasteiger partial charge in [-0.15, -0.1) is 0 Å². The fraction of sp³-hybridized carbons (Fsp3) is 0.286. The van der Waals surface area contributed by atoms with Gasteiger partial charge in [0, 0.05) is 17.7 Å². The van der Waals surface area contributed by atoms with Gasteiger partial charge in [-0.25, -0.2) is 13.4 Å². The van der Waals surface area contributed by atoms with E-state index in [1.165, 1.54) is 16.7 Å². The smallest absolute Gasteiger partial charge is 0.226 e. The summed E-state index contributed by atoms with van der Waals surface area (Å²) in [5.74, 6) is 0.227. The van der Waals surface area contributed by atoms with Crippen LogP contribution in [0.1, 0.15) is 6.42 Å².